The van der Waals surface area contributed by atoms with E-state index < -0.39 is 0 Å². The maximum Gasteiger partial charge on any atom is 0.265 e. The first-order chi connectivity index (χ1) is 73.4. The molecule has 0 saturated carbocycles. The Morgan fingerprint density at radius 1 is 0.128 bits per heavy atom. The highest BCUT2D eigenvalue weighted by molar-refractivity contribution is 7.04. The van der Waals surface area contributed by atoms with E-state index in [0.29, 0.717) is 23.0 Å². The fraction of sp³-hybridized carbons (Fsp3) is 0. The molecule has 15 heterocycles. The van der Waals surface area contributed by atoms with Gasteiger partial charge in [0.25, 0.3) is 47.0 Å². The Labute approximate surface area is 851 Å². The highest BCUT2D eigenvalue weighted by Gasteiger charge is 2.54. The normalized spacial score (nSPS) is 13.9. The van der Waals surface area contributed by atoms with Crippen LogP contribution in [0.15, 0.2) is 425 Å². The van der Waals surface area contributed by atoms with Crippen molar-refractivity contribution in [3.05, 3.63) is 425 Å². The van der Waals surface area contributed by atoms with Gasteiger partial charge in [0.1, 0.15) is 138 Å². The molecule has 0 atom stereocenters. The van der Waals surface area contributed by atoms with Gasteiger partial charge in [-0.1, -0.05) is 267 Å². The molecule has 1 aromatic heterocycles. The van der Waals surface area contributed by atoms with Crippen LogP contribution in [-0.2, 0) is 0 Å². The van der Waals surface area contributed by atoms with Crippen LogP contribution in [0.25, 0.3) is 38.6 Å². The lowest BCUT2D eigenvalue weighted by molar-refractivity contribution is 0.396. The summed E-state index contributed by atoms with van der Waals surface area (Å²) < 4.78 is 93.3. The number of ether oxygens (including phenoxy) is 14. The van der Waals surface area contributed by atoms with Crippen LogP contribution in [0.5, 0.6) is 161 Å². The molecular formula is C126H70B7NO14. The van der Waals surface area contributed by atoms with Gasteiger partial charge in [0.05, 0.1) is 11.0 Å². The molecule has 22 heteroatoms. The lowest BCUT2D eigenvalue weighted by Crippen LogP contribution is -2.62. The van der Waals surface area contributed by atoms with Crippen LogP contribution in [0.3, 0.4) is 0 Å². The number of para-hydroxylation sites is 12. The molecule has 0 N–H and O–H groups in total. The minimum Gasteiger partial charge on any atom is -0.459 e. The smallest absolute Gasteiger partial charge is 0.265 e. The van der Waals surface area contributed by atoms with Gasteiger partial charge in [-0.15, -0.1) is 0 Å². The molecule has 0 amide bonds. The van der Waals surface area contributed by atoms with Gasteiger partial charge < -0.3 is 70.9 Å². The summed E-state index contributed by atoms with van der Waals surface area (Å²) in [7, 11) is 0. The zero-order chi connectivity index (χ0) is 96.3. The average Bonchev–Trinajstić information content (AvgIpc) is 0.691. The molecule has 15 nitrogen and oxygen atoms in total. The molecule has 22 aromatic rings. The molecule has 0 fully saturated rings. The SMILES string of the molecule is c1ccc2c(c1)Oc1c3c4c(c5c1B2c1ccccc1O5)Oc1ccccc1B4c1ccccc1O3.c1ccc2c(c1)Oc1cc(-c3ccc(-n4c5ccccc5c5ccccc54)cc3)cc3c1B2c1ccccc1O3.c1ccc2c(c1)Oc1cccc3c1B2c1cc2c(cc1O3)Oc1cccc3c1B2c1ccccc1O3.c1ccc2c(c1)Oc1cccc3c1B2c1ccc2c(c1O3)B1c3ccccc3Oc3cccc(c31)O2. The standard InChI is InChI=1S/C36H22BNO2.3C30H16B2O4/c1-5-13-30-26(9-1)27-10-2-6-14-31(27)38(30)25-19-17-23(18-20-25)24-21-34-36-35(22-24)40-33-16-8-4-12-29(33)37(36)28-11-3-7-15-32(28)39-34;1-5-13-21-17(9-1)31-18-10-2-6-14-22(18)34-28-25(31)27(33-21)29-26-30(28)36-24-16-8-4-12-20(24)32(26)19-11-3-7-15-23(19)35-29;1-3-9-20-17(7-1)31-19-15-16-26-29(30(19)36-25-14-6-11-22(33-20)27(25)31)32-18-8-2-4-10-21(18)34-23-12-5-13-24(35-26)28(23)32;1-3-9-21-17(7-1)31-19-15-20-28(16-27(19)35-25-13-5-11-23(33-21)29(25)31)36-26-14-6-12-24-30(26)32(20)18-8-2-4-10-22(18)34-24/h1-22H;3*1-16H. The van der Waals surface area contributed by atoms with Crippen molar-refractivity contribution in [2.24, 2.45) is 0 Å². The monoisotopic (exact) mass is 1900 g/mol. The number of rotatable bonds is 2. The molecule has 684 valence electrons. The van der Waals surface area contributed by atoms with Crippen molar-refractivity contribution in [2.75, 3.05) is 0 Å². The van der Waals surface area contributed by atoms with Crippen LogP contribution >= 0.6 is 0 Å². The van der Waals surface area contributed by atoms with E-state index in [1.807, 2.05) is 182 Å². The highest BCUT2D eigenvalue weighted by Crippen LogP contribution is 2.52. The molecule has 0 bridgehead atoms. The van der Waals surface area contributed by atoms with E-state index in [4.69, 9.17) is 66.3 Å². The number of fused-ring (bicyclic) bond motifs is 34. The second-order valence-corrected chi connectivity index (χ2v) is 39.3. The maximum absolute atomic E-state index is 6.76. The van der Waals surface area contributed by atoms with E-state index in [1.165, 1.54) is 32.7 Å². The van der Waals surface area contributed by atoms with Crippen molar-refractivity contribution < 1.29 is 66.3 Å². The molecule has 0 saturated heterocycles. The number of aromatic nitrogens is 1. The van der Waals surface area contributed by atoms with Crippen LogP contribution in [0, 0.1) is 0 Å². The maximum atomic E-state index is 6.76. The molecule has 0 spiro atoms. The predicted molar refractivity (Wildman–Crippen MR) is 589 cm³/mol. The molecule has 14 aliphatic rings. The van der Waals surface area contributed by atoms with E-state index in [-0.39, 0.29) is 47.0 Å². The van der Waals surface area contributed by atoms with Gasteiger partial charge in [0.15, 0.2) is 23.0 Å². The number of hydrogen-bond acceptors (Lipinski definition) is 14. The summed E-state index contributed by atoms with van der Waals surface area (Å²) in [6.07, 6.45) is 0. The van der Waals surface area contributed by atoms with Crippen LogP contribution in [0.4, 0.5) is 0 Å². The van der Waals surface area contributed by atoms with Crippen LogP contribution in [-0.4, -0.2) is 51.6 Å². The van der Waals surface area contributed by atoms with Crippen molar-refractivity contribution in [3.8, 4) is 178 Å². The summed E-state index contributed by atoms with van der Waals surface area (Å²) in [5.74, 6) is 23.3. The summed E-state index contributed by atoms with van der Waals surface area (Å²) in [4.78, 5) is 0. The van der Waals surface area contributed by atoms with Gasteiger partial charge in [-0.25, -0.2) is 0 Å². The molecular weight excluding hydrogens is 1830 g/mol. The zero-order valence-electron chi connectivity index (χ0n) is 78.6. The molecule has 36 rings (SSSR count). The number of benzene rings is 21. The highest BCUT2D eigenvalue weighted by atomic mass is 16.6. The van der Waals surface area contributed by atoms with Gasteiger partial charge >= 0.3 is 0 Å². The summed E-state index contributed by atoms with van der Waals surface area (Å²) in [6, 6.07) is 146. The molecule has 21 aromatic carbocycles. The zero-order valence-corrected chi connectivity index (χ0v) is 78.6. The Kier molecular flexibility index (Phi) is 17.3. The Bertz CT molecular complexity index is 9020. The lowest BCUT2D eigenvalue weighted by Gasteiger charge is -2.40. The molecule has 148 heavy (non-hydrogen) atoms. The van der Waals surface area contributed by atoms with Gasteiger partial charge in [-0.2, -0.15) is 0 Å². The Morgan fingerprint density at radius 3 is 0.716 bits per heavy atom. The van der Waals surface area contributed by atoms with Crippen molar-refractivity contribution in [1.82, 2.24) is 4.57 Å². The van der Waals surface area contributed by atoms with Crippen molar-refractivity contribution in [1.29, 1.82) is 0 Å². The number of nitrogens with zero attached hydrogens (tertiary/aromatic N) is 1. The first-order valence-corrected chi connectivity index (χ1v) is 50.1. The summed E-state index contributed by atoms with van der Waals surface area (Å²) in [5.41, 5.74) is 28.8. The van der Waals surface area contributed by atoms with E-state index in [2.05, 4.69) is 247 Å². The minimum absolute atomic E-state index is 0.0157. The minimum atomic E-state index is -0.0559. The van der Waals surface area contributed by atoms with E-state index in [1.54, 1.807) is 0 Å². The fourth-order valence-electron chi connectivity index (χ4n) is 25.4. The molecule has 0 unspecified atom stereocenters. The second kappa shape index (κ2) is 31.3. The summed E-state index contributed by atoms with van der Waals surface area (Å²) in [5, 5.41) is 2.53. The van der Waals surface area contributed by atoms with Gasteiger partial charge in [0, 0.05) is 66.2 Å². The Hall–Kier alpha value is -18.9. The third kappa shape index (κ3) is 11.9. The quantitative estimate of drug-likeness (QED) is 0.152. The average molecular weight is 1900 g/mol. The largest absolute Gasteiger partial charge is 0.459 e. The second-order valence-electron chi connectivity index (χ2n) is 39.3. The molecule has 0 radical (unpaired) electrons. The third-order valence-electron chi connectivity index (χ3n) is 31.5. The van der Waals surface area contributed by atoms with Crippen molar-refractivity contribution in [2.45, 2.75) is 0 Å². The first-order valence-electron chi connectivity index (χ1n) is 50.1. The molecule has 0 aliphatic carbocycles. The van der Waals surface area contributed by atoms with Crippen LogP contribution < -0.4 is 181 Å². The topological polar surface area (TPSA) is 134 Å². The van der Waals surface area contributed by atoms with E-state index >= 15 is 0 Å². The van der Waals surface area contributed by atoms with Crippen molar-refractivity contribution >= 4 is 184 Å². The summed E-state index contributed by atoms with van der Waals surface area (Å²) >= 11 is 0. The van der Waals surface area contributed by atoms with E-state index in [0.717, 1.165) is 259 Å². The molecule has 14 aliphatic heterocycles. The van der Waals surface area contributed by atoms with Gasteiger partial charge in [-0.05, 0) is 234 Å². The lowest BCUT2D eigenvalue weighted by atomic mass is 9.31. The predicted octanol–water partition coefficient (Wildman–Crippen LogP) is 16.6. The van der Waals surface area contributed by atoms with Crippen molar-refractivity contribution in [3.63, 3.8) is 0 Å². The van der Waals surface area contributed by atoms with Gasteiger partial charge in [0.2, 0.25) is 0 Å². The van der Waals surface area contributed by atoms with Gasteiger partial charge in [-0.3, -0.25) is 0 Å². The third-order valence-corrected chi connectivity index (χ3v) is 31.5. The van der Waals surface area contributed by atoms with Crippen LogP contribution in [0.2, 0.25) is 0 Å². The Morgan fingerprint density at radius 2 is 0.365 bits per heavy atom. The number of hydrogen-bond donors (Lipinski definition) is 0. The fourth-order valence-corrected chi connectivity index (χ4v) is 25.4. The summed E-state index contributed by atoms with van der Waals surface area (Å²) in [6.45, 7) is -0.0186. The van der Waals surface area contributed by atoms with E-state index in [9.17, 15) is 0 Å². The first kappa shape index (κ1) is 81.6. The Balaban J connectivity index is 0.0000000859. The van der Waals surface area contributed by atoms with Crippen LogP contribution in [0.1, 0.15) is 0 Å².